The van der Waals surface area contributed by atoms with Gasteiger partial charge in [0.1, 0.15) is 6.20 Å². The van der Waals surface area contributed by atoms with Gasteiger partial charge >= 0.3 is 12.0 Å². The number of benzene rings is 2. The van der Waals surface area contributed by atoms with E-state index in [1.807, 2.05) is 6.92 Å². The summed E-state index contributed by atoms with van der Waals surface area (Å²) in [6.07, 6.45) is 2.03. The molecule has 33 heavy (non-hydrogen) atoms. The first-order valence-corrected chi connectivity index (χ1v) is 10.3. The summed E-state index contributed by atoms with van der Waals surface area (Å²) in [4.78, 5) is 53.5. The summed E-state index contributed by atoms with van der Waals surface area (Å²) in [6.45, 7) is 2.11. The molecule has 0 saturated heterocycles. The van der Waals surface area contributed by atoms with E-state index in [1.165, 1.54) is 22.7 Å². The summed E-state index contributed by atoms with van der Waals surface area (Å²) in [7, 11) is 1.45. The maximum Gasteiger partial charge on any atom is 0.434 e. The van der Waals surface area contributed by atoms with Crippen LogP contribution < -0.4 is 5.32 Å². The van der Waals surface area contributed by atoms with Crippen molar-refractivity contribution in [2.45, 2.75) is 26.4 Å². The van der Waals surface area contributed by atoms with Crippen molar-refractivity contribution in [3.8, 4) is 0 Å². The molecule has 11 heteroatoms. The average Bonchev–Trinajstić information content (AvgIpc) is 3.17. The second-order valence-corrected chi connectivity index (χ2v) is 7.57. The van der Waals surface area contributed by atoms with Gasteiger partial charge in [-0.25, -0.2) is 9.36 Å². The molecule has 1 aromatic heterocycles. The van der Waals surface area contributed by atoms with Gasteiger partial charge in [0.2, 0.25) is 0 Å². The number of hydrogen-bond donors (Lipinski definition) is 1. The average molecular weight is 451 g/mol. The molecule has 1 N–H and O–H groups in total. The normalized spacial score (nSPS) is 12.8. The van der Waals surface area contributed by atoms with Gasteiger partial charge in [-0.15, -0.1) is 0 Å². The van der Waals surface area contributed by atoms with Crippen LogP contribution in [-0.2, 0) is 18.4 Å². The molecule has 0 atom stereocenters. The molecule has 11 nitrogen and oxygen atoms in total. The largest absolute Gasteiger partial charge is 0.441 e. The summed E-state index contributed by atoms with van der Waals surface area (Å²) in [5, 5.41) is 14.5. The van der Waals surface area contributed by atoms with Crippen LogP contribution in [0.4, 0.5) is 16.4 Å². The minimum atomic E-state index is -0.794. The lowest BCUT2D eigenvalue weighted by Crippen LogP contribution is -2.40. The van der Waals surface area contributed by atoms with E-state index in [9.17, 15) is 24.5 Å². The molecule has 3 aromatic rings. The summed E-state index contributed by atoms with van der Waals surface area (Å²) < 4.78 is 6.40. The van der Waals surface area contributed by atoms with E-state index in [0.29, 0.717) is 46.2 Å². The van der Waals surface area contributed by atoms with Gasteiger partial charge in [0.05, 0.1) is 12.7 Å². The maximum absolute atomic E-state index is 12.9. The predicted octanol–water partition coefficient (Wildman–Crippen LogP) is 3.63. The number of unbranched alkanes of at least 4 members (excludes halogenated alkanes) is 1. The molecule has 3 amide bonds. The molecule has 1 aliphatic heterocycles. The molecule has 2 heterocycles. The van der Waals surface area contributed by atoms with Crippen LogP contribution in [0.2, 0.25) is 0 Å². The van der Waals surface area contributed by atoms with Crippen LogP contribution in [0.25, 0.3) is 10.8 Å². The number of aromatic nitrogens is 2. The lowest BCUT2D eigenvalue weighted by atomic mass is 9.93. The number of imidazole rings is 1. The Hall–Kier alpha value is -4.28. The van der Waals surface area contributed by atoms with Gasteiger partial charge in [-0.2, -0.15) is 0 Å². The van der Waals surface area contributed by atoms with Crippen molar-refractivity contribution in [2.24, 2.45) is 7.05 Å². The SMILES string of the molecule is CCCCN1C(=O)c2cccc3c(NC(=O)OCc4cnc([N+](=O)[O-])n4C)ccc(c23)C1=O. The molecular formula is C22H21N5O6. The molecule has 0 unspecified atom stereocenters. The fourth-order valence-electron chi connectivity index (χ4n) is 3.80. The zero-order valence-electron chi connectivity index (χ0n) is 18.0. The van der Waals surface area contributed by atoms with E-state index in [4.69, 9.17) is 4.74 Å². The number of anilines is 1. The number of carbonyl (C=O) groups is 3. The van der Waals surface area contributed by atoms with Gasteiger partial charge in [-0.3, -0.25) is 19.8 Å². The number of carbonyl (C=O) groups excluding carboxylic acids is 3. The van der Waals surface area contributed by atoms with Crippen molar-refractivity contribution in [3.63, 3.8) is 0 Å². The molecule has 0 aliphatic carbocycles. The summed E-state index contributed by atoms with van der Waals surface area (Å²) in [5.74, 6) is -1.08. The summed E-state index contributed by atoms with van der Waals surface area (Å²) in [6, 6.07) is 8.24. The molecule has 4 rings (SSSR count). The van der Waals surface area contributed by atoms with Crippen molar-refractivity contribution in [1.82, 2.24) is 14.5 Å². The predicted molar refractivity (Wildman–Crippen MR) is 118 cm³/mol. The van der Waals surface area contributed by atoms with Gasteiger partial charge in [-0.05, 0) is 29.5 Å². The van der Waals surface area contributed by atoms with E-state index in [2.05, 4.69) is 10.3 Å². The highest BCUT2D eigenvalue weighted by Crippen LogP contribution is 2.34. The topological polar surface area (TPSA) is 137 Å². The summed E-state index contributed by atoms with van der Waals surface area (Å²) in [5.41, 5.74) is 1.52. The number of nitro groups is 1. The number of rotatable bonds is 7. The van der Waals surface area contributed by atoms with Crippen LogP contribution in [0.1, 0.15) is 46.2 Å². The van der Waals surface area contributed by atoms with Crippen LogP contribution in [0.3, 0.4) is 0 Å². The van der Waals surface area contributed by atoms with Gasteiger partial charge < -0.3 is 14.9 Å². The highest BCUT2D eigenvalue weighted by Gasteiger charge is 2.33. The number of amides is 3. The van der Waals surface area contributed by atoms with Gasteiger partial charge in [-0.1, -0.05) is 30.5 Å². The van der Waals surface area contributed by atoms with Crippen molar-refractivity contribution >= 4 is 40.3 Å². The Morgan fingerprint density at radius 2 is 1.91 bits per heavy atom. The Morgan fingerprint density at radius 3 is 2.58 bits per heavy atom. The number of imide groups is 1. The van der Waals surface area contributed by atoms with Crippen molar-refractivity contribution < 1.29 is 24.0 Å². The van der Waals surface area contributed by atoms with Crippen LogP contribution in [0.5, 0.6) is 0 Å². The highest BCUT2D eigenvalue weighted by atomic mass is 16.6. The second-order valence-electron chi connectivity index (χ2n) is 7.57. The molecule has 170 valence electrons. The molecule has 0 saturated carbocycles. The third kappa shape index (κ3) is 3.88. The van der Waals surface area contributed by atoms with Crippen molar-refractivity contribution in [2.75, 3.05) is 11.9 Å². The lowest BCUT2D eigenvalue weighted by molar-refractivity contribution is -0.396. The Labute approximate surface area is 188 Å². The number of ether oxygens (including phenoxy) is 1. The van der Waals surface area contributed by atoms with Gasteiger partial charge in [0.25, 0.3) is 11.8 Å². The van der Waals surface area contributed by atoms with E-state index in [0.717, 1.165) is 6.42 Å². The molecule has 0 bridgehead atoms. The monoisotopic (exact) mass is 451 g/mol. The molecule has 0 spiro atoms. The van der Waals surface area contributed by atoms with E-state index in [-0.39, 0.29) is 24.4 Å². The second kappa shape index (κ2) is 8.69. The standard InChI is InChI=1S/C22H21N5O6/c1-3-4-10-26-19(28)15-7-5-6-14-17(9-8-16(18(14)15)20(26)29)24-22(30)33-12-13-11-23-21(25(13)2)27(31)32/h5-9,11H,3-4,10,12H2,1-2H3,(H,24,30). The fourth-order valence-corrected chi connectivity index (χ4v) is 3.80. The first kappa shape index (κ1) is 21.9. The molecule has 0 radical (unpaired) electrons. The Bertz CT molecular complexity index is 1280. The van der Waals surface area contributed by atoms with Crippen LogP contribution in [0.15, 0.2) is 36.5 Å². The van der Waals surface area contributed by atoms with Gasteiger partial charge in [0, 0.05) is 28.4 Å². The Morgan fingerprint density at radius 1 is 1.18 bits per heavy atom. The van der Waals surface area contributed by atoms with Crippen LogP contribution in [-0.4, -0.2) is 43.8 Å². The number of nitrogens with zero attached hydrogens (tertiary/aromatic N) is 4. The third-order valence-corrected chi connectivity index (χ3v) is 5.54. The first-order valence-electron chi connectivity index (χ1n) is 10.3. The van der Waals surface area contributed by atoms with Crippen LogP contribution >= 0.6 is 0 Å². The zero-order chi connectivity index (χ0) is 23.7. The molecular weight excluding hydrogens is 430 g/mol. The van der Waals surface area contributed by atoms with E-state index in [1.54, 1.807) is 30.3 Å². The Kier molecular flexibility index (Phi) is 5.78. The third-order valence-electron chi connectivity index (χ3n) is 5.54. The molecule has 1 aliphatic rings. The molecule has 0 fully saturated rings. The lowest BCUT2D eigenvalue weighted by Gasteiger charge is -2.27. The summed E-state index contributed by atoms with van der Waals surface area (Å²) >= 11 is 0. The minimum absolute atomic E-state index is 0.228. The van der Waals surface area contributed by atoms with Crippen molar-refractivity contribution in [1.29, 1.82) is 0 Å². The van der Waals surface area contributed by atoms with Crippen LogP contribution in [0, 0.1) is 10.1 Å². The quantitative estimate of drug-likeness (QED) is 0.329. The maximum atomic E-state index is 12.9. The zero-order valence-corrected chi connectivity index (χ0v) is 18.0. The fraction of sp³-hybridized carbons (Fsp3) is 0.273. The van der Waals surface area contributed by atoms with Crippen molar-refractivity contribution in [3.05, 3.63) is 63.5 Å². The first-order chi connectivity index (χ1) is 15.8. The van der Waals surface area contributed by atoms with E-state index < -0.39 is 11.0 Å². The minimum Gasteiger partial charge on any atom is -0.441 e. The van der Waals surface area contributed by atoms with E-state index >= 15 is 0 Å². The van der Waals surface area contributed by atoms with Gasteiger partial charge in [0.15, 0.2) is 12.3 Å². The Balaban J connectivity index is 1.57. The molecule has 2 aromatic carbocycles. The number of hydrogen-bond acceptors (Lipinski definition) is 7. The number of nitrogens with one attached hydrogen (secondary N) is 1. The smallest absolute Gasteiger partial charge is 0.434 e. The highest BCUT2D eigenvalue weighted by molar-refractivity contribution is 6.27.